The van der Waals surface area contributed by atoms with E-state index >= 15 is 0 Å². The average molecular weight is 271 g/mol. The van der Waals surface area contributed by atoms with E-state index in [0.717, 1.165) is 6.54 Å². The van der Waals surface area contributed by atoms with Crippen LogP contribution in [0.15, 0.2) is 0 Å². The van der Waals surface area contributed by atoms with Crippen LogP contribution in [-0.2, 0) is 9.53 Å². The fourth-order valence-corrected chi connectivity index (χ4v) is 1.98. The third kappa shape index (κ3) is 3.76. The number of carbonyl (C=O) groups excluding carboxylic acids is 1. The van der Waals surface area contributed by atoms with Crippen molar-refractivity contribution in [3.05, 3.63) is 0 Å². The lowest BCUT2D eigenvalue weighted by Crippen LogP contribution is -2.52. The Kier molecular flexibility index (Phi) is 5.09. The zero-order chi connectivity index (χ0) is 11.6. The molecule has 0 bridgehead atoms. The SMILES string of the molecule is Cl.O=C(C1CNCCO1)N1CCC(F)(F)CC1. The van der Waals surface area contributed by atoms with Gasteiger partial charge in [0.1, 0.15) is 6.10 Å². The molecule has 2 fully saturated rings. The second-order valence-electron chi connectivity index (χ2n) is 4.24. The van der Waals surface area contributed by atoms with Gasteiger partial charge in [-0.15, -0.1) is 12.4 Å². The van der Waals surface area contributed by atoms with E-state index in [0.29, 0.717) is 13.2 Å². The van der Waals surface area contributed by atoms with Crippen molar-refractivity contribution >= 4 is 18.3 Å². The number of alkyl halides is 2. The zero-order valence-electron chi connectivity index (χ0n) is 9.45. The molecule has 100 valence electrons. The number of nitrogens with one attached hydrogen (secondary N) is 1. The summed E-state index contributed by atoms with van der Waals surface area (Å²) in [4.78, 5) is 13.4. The van der Waals surface area contributed by atoms with Gasteiger partial charge in [-0.2, -0.15) is 0 Å². The minimum absolute atomic E-state index is 0. The molecule has 4 nitrogen and oxygen atoms in total. The van der Waals surface area contributed by atoms with Crippen molar-refractivity contribution in [1.29, 1.82) is 0 Å². The quantitative estimate of drug-likeness (QED) is 0.761. The van der Waals surface area contributed by atoms with Crippen LogP contribution < -0.4 is 5.32 Å². The summed E-state index contributed by atoms with van der Waals surface area (Å²) in [5.41, 5.74) is 0. The summed E-state index contributed by atoms with van der Waals surface area (Å²) >= 11 is 0. The van der Waals surface area contributed by atoms with Crippen LogP contribution >= 0.6 is 12.4 Å². The summed E-state index contributed by atoms with van der Waals surface area (Å²) in [5.74, 6) is -2.77. The van der Waals surface area contributed by atoms with Crippen LogP contribution in [0.25, 0.3) is 0 Å². The molecule has 1 atom stereocenters. The molecule has 1 amide bonds. The van der Waals surface area contributed by atoms with E-state index in [9.17, 15) is 13.6 Å². The van der Waals surface area contributed by atoms with Crippen molar-refractivity contribution in [3.63, 3.8) is 0 Å². The Hall–Kier alpha value is -0.460. The number of rotatable bonds is 1. The minimum Gasteiger partial charge on any atom is -0.366 e. The van der Waals surface area contributed by atoms with Crippen molar-refractivity contribution in [1.82, 2.24) is 10.2 Å². The molecule has 17 heavy (non-hydrogen) atoms. The number of likely N-dealkylation sites (tertiary alicyclic amines) is 1. The molecular weight excluding hydrogens is 254 g/mol. The molecule has 2 aliphatic heterocycles. The van der Waals surface area contributed by atoms with Gasteiger partial charge in [0.15, 0.2) is 0 Å². The molecule has 0 spiro atoms. The highest BCUT2D eigenvalue weighted by Gasteiger charge is 2.37. The predicted octanol–water partition coefficient (Wildman–Crippen LogP) is 0.654. The Balaban J connectivity index is 0.00000144. The Labute approximate surface area is 105 Å². The Morgan fingerprint density at radius 2 is 2.00 bits per heavy atom. The Morgan fingerprint density at radius 1 is 1.35 bits per heavy atom. The highest BCUT2D eigenvalue weighted by atomic mass is 35.5. The van der Waals surface area contributed by atoms with Crippen molar-refractivity contribution in [2.24, 2.45) is 0 Å². The number of carbonyl (C=O) groups is 1. The Bertz CT molecular complexity index is 263. The standard InChI is InChI=1S/C10H16F2N2O2.ClH/c11-10(12)1-4-14(5-2-10)9(15)8-7-13-3-6-16-8;/h8,13H,1-7H2;1H. The molecule has 1 unspecified atom stereocenters. The van der Waals surface area contributed by atoms with Gasteiger partial charge in [0.2, 0.25) is 0 Å². The summed E-state index contributed by atoms with van der Waals surface area (Å²) < 4.78 is 31.1. The molecule has 1 N–H and O–H groups in total. The number of nitrogens with zero attached hydrogens (tertiary/aromatic N) is 1. The monoisotopic (exact) mass is 270 g/mol. The van der Waals surface area contributed by atoms with Crippen molar-refractivity contribution < 1.29 is 18.3 Å². The highest BCUT2D eigenvalue weighted by Crippen LogP contribution is 2.28. The average Bonchev–Trinajstić information content (AvgIpc) is 2.29. The number of hydrogen-bond acceptors (Lipinski definition) is 3. The normalized spacial score (nSPS) is 28.4. The molecule has 7 heteroatoms. The smallest absolute Gasteiger partial charge is 0.253 e. The third-order valence-electron chi connectivity index (χ3n) is 3.01. The van der Waals surface area contributed by atoms with Gasteiger partial charge in [-0.05, 0) is 0 Å². The maximum atomic E-state index is 12.9. The van der Waals surface area contributed by atoms with Crippen LogP contribution in [0.3, 0.4) is 0 Å². The van der Waals surface area contributed by atoms with Gasteiger partial charge in [0, 0.05) is 39.0 Å². The van der Waals surface area contributed by atoms with E-state index in [1.807, 2.05) is 0 Å². The topological polar surface area (TPSA) is 41.6 Å². The van der Waals surface area contributed by atoms with Gasteiger partial charge in [-0.3, -0.25) is 4.79 Å². The molecule has 0 aromatic heterocycles. The van der Waals surface area contributed by atoms with Crippen molar-refractivity contribution in [3.8, 4) is 0 Å². The van der Waals surface area contributed by atoms with Gasteiger partial charge in [-0.25, -0.2) is 8.78 Å². The summed E-state index contributed by atoms with van der Waals surface area (Å²) in [6, 6.07) is 0. The first-order chi connectivity index (χ1) is 7.58. The molecule has 2 rings (SSSR count). The van der Waals surface area contributed by atoms with Crippen LogP contribution in [0, 0.1) is 0 Å². The number of hydrogen-bond donors (Lipinski definition) is 1. The molecule has 2 heterocycles. The fourth-order valence-electron chi connectivity index (χ4n) is 1.98. The first kappa shape index (κ1) is 14.6. The number of ether oxygens (including phenoxy) is 1. The summed E-state index contributed by atoms with van der Waals surface area (Å²) in [7, 11) is 0. The number of halogens is 3. The summed E-state index contributed by atoms with van der Waals surface area (Å²) in [5, 5.41) is 3.05. The van der Waals surface area contributed by atoms with Gasteiger partial charge in [-0.1, -0.05) is 0 Å². The first-order valence-corrected chi connectivity index (χ1v) is 5.57. The maximum absolute atomic E-state index is 12.9. The summed E-state index contributed by atoms with van der Waals surface area (Å²) in [6.45, 7) is 1.98. The van der Waals surface area contributed by atoms with Crippen LogP contribution in [0.4, 0.5) is 8.78 Å². The largest absolute Gasteiger partial charge is 0.366 e. The van der Waals surface area contributed by atoms with Gasteiger partial charge >= 0.3 is 0 Å². The van der Waals surface area contributed by atoms with E-state index in [1.54, 1.807) is 0 Å². The Morgan fingerprint density at radius 3 is 2.53 bits per heavy atom. The highest BCUT2D eigenvalue weighted by molar-refractivity contribution is 5.85. The maximum Gasteiger partial charge on any atom is 0.253 e. The van der Waals surface area contributed by atoms with Crippen LogP contribution in [0.2, 0.25) is 0 Å². The van der Waals surface area contributed by atoms with E-state index in [-0.39, 0.29) is 44.2 Å². The van der Waals surface area contributed by atoms with Crippen molar-refractivity contribution in [2.75, 3.05) is 32.8 Å². The molecular formula is C10H17ClF2N2O2. The van der Waals surface area contributed by atoms with E-state index < -0.39 is 12.0 Å². The lowest BCUT2D eigenvalue weighted by molar-refractivity contribution is -0.150. The first-order valence-electron chi connectivity index (χ1n) is 5.57. The molecule has 0 aromatic carbocycles. The lowest BCUT2D eigenvalue weighted by Gasteiger charge is -2.35. The van der Waals surface area contributed by atoms with E-state index in [4.69, 9.17) is 4.74 Å². The fraction of sp³-hybridized carbons (Fsp3) is 0.900. The molecule has 0 aromatic rings. The van der Waals surface area contributed by atoms with Gasteiger partial charge < -0.3 is 15.0 Å². The lowest BCUT2D eigenvalue weighted by atomic mass is 10.1. The molecule has 0 radical (unpaired) electrons. The minimum atomic E-state index is -2.61. The molecule has 0 saturated carbocycles. The van der Waals surface area contributed by atoms with E-state index in [2.05, 4.69) is 5.32 Å². The van der Waals surface area contributed by atoms with Gasteiger partial charge in [0.05, 0.1) is 6.61 Å². The second kappa shape index (κ2) is 5.93. The predicted molar refractivity (Wildman–Crippen MR) is 60.6 cm³/mol. The number of piperidine rings is 1. The zero-order valence-corrected chi connectivity index (χ0v) is 10.3. The molecule has 2 saturated heterocycles. The van der Waals surface area contributed by atoms with Gasteiger partial charge in [0.25, 0.3) is 11.8 Å². The van der Waals surface area contributed by atoms with Crippen LogP contribution in [0.5, 0.6) is 0 Å². The molecule has 2 aliphatic rings. The van der Waals surface area contributed by atoms with Crippen LogP contribution in [0.1, 0.15) is 12.8 Å². The third-order valence-corrected chi connectivity index (χ3v) is 3.01. The molecule has 0 aliphatic carbocycles. The number of amides is 1. The van der Waals surface area contributed by atoms with Crippen molar-refractivity contribution in [2.45, 2.75) is 24.9 Å². The second-order valence-corrected chi connectivity index (χ2v) is 4.24. The van der Waals surface area contributed by atoms with E-state index in [1.165, 1.54) is 4.90 Å². The number of morpholine rings is 1. The summed E-state index contributed by atoms with van der Waals surface area (Å²) in [6.07, 6.45) is -0.974. The van der Waals surface area contributed by atoms with Crippen LogP contribution in [-0.4, -0.2) is 55.6 Å².